The molecule has 4 heteroatoms. The minimum atomic E-state index is -0.455. The molecule has 0 aliphatic carbocycles. The number of primary amides is 1. The zero-order chi connectivity index (χ0) is 7.28. The van der Waals surface area contributed by atoms with Gasteiger partial charge in [0.2, 0.25) is 0 Å². The van der Waals surface area contributed by atoms with Crippen LogP contribution in [-0.2, 0) is 0 Å². The van der Waals surface area contributed by atoms with E-state index in [1.165, 1.54) is 4.90 Å². The second kappa shape index (κ2) is 4.14. The van der Waals surface area contributed by atoms with Gasteiger partial charge in [0.05, 0.1) is 0 Å². The van der Waals surface area contributed by atoms with E-state index in [0.29, 0.717) is 13.0 Å². The summed E-state index contributed by atoms with van der Waals surface area (Å²) in [5.41, 5.74) is 4.88. The molecule has 0 aromatic rings. The fraction of sp³-hybridized carbons (Fsp3) is 0.800. The maximum Gasteiger partial charge on any atom is 0.314 e. The molecule has 0 fully saturated rings. The van der Waals surface area contributed by atoms with Crippen molar-refractivity contribution in [3.8, 4) is 0 Å². The lowest BCUT2D eigenvalue weighted by molar-refractivity contribution is 0.210. The van der Waals surface area contributed by atoms with Crippen molar-refractivity contribution in [2.45, 2.75) is 6.42 Å². The number of carbonyl (C=O) groups excluding carboxylic acids is 1. The first-order valence-corrected chi connectivity index (χ1v) is 2.80. The zero-order valence-electron chi connectivity index (χ0n) is 5.50. The van der Waals surface area contributed by atoms with Gasteiger partial charge in [0.1, 0.15) is 0 Å². The molecule has 2 amide bonds. The van der Waals surface area contributed by atoms with E-state index in [1.807, 2.05) is 0 Å². The second-order valence-electron chi connectivity index (χ2n) is 1.84. The molecule has 0 spiro atoms. The Labute approximate surface area is 54.3 Å². The first-order valence-electron chi connectivity index (χ1n) is 2.80. The molecule has 0 saturated heterocycles. The fourth-order valence-corrected chi connectivity index (χ4v) is 0.418. The van der Waals surface area contributed by atoms with Gasteiger partial charge in [-0.15, -0.1) is 0 Å². The zero-order valence-corrected chi connectivity index (χ0v) is 5.50. The predicted octanol–water partition coefficient (Wildman–Crippen LogP) is -0.621. The number of aliphatic hydroxyl groups is 1. The van der Waals surface area contributed by atoms with Crippen molar-refractivity contribution in [2.75, 3.05) is 20.2 Å². The van der Waals surface area contributed by atoms with Crippen molar-refractivity contribution in [3.63, 3.8) is 0 Å². The average Bonchev–Trinajstić information content (AvgIpc) is 1.82. The van der Waals surface area contributed by atoms with Gasteiger partial charge in [0.15, 0.2) is 0 Å². The largest absolute Gasteiger partial charge is 0.396 e. The van der Waals surface area contributed by atoms with Gasteiger partial charge in [-0.25, -0.2) is 4.79 Å². The lowest BCUT2D eigenvalue weighted by Gasteiger charge is -2.11. The van der Waals surface area contributed by atoms with Crippen LogP contribution in [0.15, 0.2) is 0 Å². The monoisotopic (exact) mass is 132 g/mol. The Bertz CT molecular complexity index is 95.0. The number of carbonyl (C=O) groups is 1. The molecule has 54 valence electrons. The number of amides is 2. The molecule has 0 aliphatic heterocycles. The van der Waals surface area contributed by atoms with Gasteiger partial charge >= 0.3 is 6.03 Å². The molecule has 0 aromatic carbocycles. The van der Waals surface area contributed by atoms with Crippen LogP contribution in [0, 0.1) is 0 Å². The number of rotatable bonds is 3. The number of aliphatic hydroxyl groups excluding tert-OH is 1. The van der Waals surface area contributed by atoms with E-state index in [1.54, 1.807) is 7.05 Å². The average molecular weight is 132 g/mol. The van der Waals surface area contributed by atoms with Crippen LogP contribution >= 0.6 is 0 Å². The molecular formula is C5H12N2O2. The lowest BCUT2D eigenvalue weighted by Crippen LogP contribution is -2.33. The Balaban J connectivity index is 3.27. The number of hydrogen-bond acceptors (Lipinski definition) is 2. The topological polar surface area (TPSA) is 66.6 Å². The Hall–Kier alpha value is -0.770. The Morgan fingerprint density at radius 1 is 1.78 bits per heavy atom. The molecule has 0 aromatic heterocycles. The SMILES string of the molecule is CN(CCCO)C(N)=O. The van der Waals surface area contributed by atoms with Crippen LogP contribution < -0.4 is 5.73 Å². The van der Waals surface area contributed by atoms with E-state index in [0.717, 1.165) is 0 Å². The number of urea groups is 1. The molecule has 0 rings (SSSR count). The van der Waals surface area contributed by atoms with Crippen molar-refractivity contribution in [1.82, 2.24) is 4.90 Å². The van der Waals surface area contributed by atoms with Crippen molar-refractivity contribution < 1.29 is 9.90 Å². The molecule has 0 bridgehead atoms. The van der Waals surface area contributed by atoms with Gasteiger partial charge < -0.3 is 15.7 Å². The van der Waals surface area contributed by atoms with Crippen molar-refractivity contribution in [2.24, 2.45) is 5.73 Å². The normalized spacial score (nSPS) is 9.11. The Morgan fingerprint density at radius 3 is 2.67 bits per heavy atom. The summed E-state index contributed by atoms with van der Waals surface area (Å²) in [7, 11) is 1.60. The summed E-state index contributed by atoms with van der Waals surface area (Å²) in [5, 5.41) is 8.32. The highest BCUT2D eigenvalue weighted by atomic mass is 16.3. The van der Waals surface area contributed by atoms with Crippen LogP contribution in [-0.4, -0.2) is 36.2 Å². The third-order valence-electron chi connectivity index (χ3n) is 1.03. The van der Waals surface area contributed by atoms with Crippen LogP contribution in [0.3, 0.4) is 0 Å². The highest BCUT2D eigenvalue weighted by molar-refractivity contribution is 5.71. The summed E-state index contributed by atoms with van der Waals surface area (Å²) in [5.74, 6) is 0. The minimum absolute atomic E-state index is 0.0949. The third kappa shape index (κ3) is 3.78. The van der Waals surface area contributed by atoms with E-state index in [9.17, 15) is 4.79 Å². The summed E-state index contributed by atoms with van der Waals surface area (Å²) in [6.45, 7) is 0.615. The van der Waals surface area contributed by atoms with Crippen LogP contribution in [0.25, 0.3) is 0 Å². The van der Waals surface area contributed by atoms with Crippen LogP contribution in [0.2, 0.25) is 0 Å². The molecule has 0 saturated carbocycles. The fourth-order valence-electron chi connectivity index (χ4n) is 0.418. The maximum atomic E-state index is 10.3. The number of nitrogens with zero attached hydrogens (tertiary/aromatic N) is 1. The van der Waals surface area contributed by atoms with E-state index in [-0.39, 0.29) is 6.61 Å². The molecule has 9 heavy (non-hydrogen) atoms. The van der Waals surface area contributed by atoms with Gasteiger partial charge in [-0.1, -0.05) is 0 Å². The molecule has 0 unspecified atom stereocenters. The van der Waals surface area contributed by atoms with Gasteiger partial charge in [-0.3, -0.25) is 0 Å². The predicted molar refractivity (Wildman–Crippen MR) is 33.9 cm³/mol. The molecule has 3 N–H and O–H groups in total. The summed E-state index contributed by atoms with van der Waals surface area (Å²) in [6.07, 6.45) is 0.583. The highest BCUT2D eigenvalue weighted by Crippen LogP contribution is 1.83. The molecule has 0 heterocycles. The number of nitrogens with two attached hydrogens (primary N) is 1. The van der Waals surface area contributed by atoms with Crippen molar-refractivity contribution in [3.05, 3.63) is 0 Å². The van der Waals surface area contributed by atoms with Crippen LogP contribution in [0.4, 0.5) is 4.79 Å². The Kier molecular flexibility index (Phi) is 3.79. The van der Waals surface area contributed by atoms with Gasteiger partial charge in [0, 0.05) is 20.2 Å². The smallest absolute Gasteiger partial charge is 0.314 e. The van der Waals surface area contributed by atoms with E-state index in [4.69, 9.17) is 10.8 Å². The van der Waals surface area contributed by atoms with Gasteiger partial charge in [-0.05, 0) is 6.42 Å². The third-order valence-corrected chi connectivity index (χ3v) is 1.03. The lowest BCUT2D eigenvalue weighted by atomic mass is 10.4. The van der Waals surface area contributed by atoms with E-state index in [2.05, 4.69) is 0 Å². The summed E-state index contributed by atoms with van der Waals surface area (Å²) in [4.78, 5) is 11.6. The van der Waals surface area contributed by atoms with Crippen LogP contribution in [0.5, 0.6) is 0 Å². The standard InChI is InChI=1S/C5H12N2O2/c1-7(5(6)9)3-2-4-8/h8H,2-4H2,1H3,(H2,6,9). The first kappa shape index (κ1) is 8.23. The van der Waals surface area contributed by atoms with Crippen molar-refractivity contribution in [1.29, 1.82) is 0 Å². The minimum Gasteiger partial charge on any atom is -0.396 e. The molecule has 4 nitrogen and oxygen atoms in total. The van der Waals surface area contributed by atoms with E-state index < -0.39 is 6.03 Å². The highest BCUT2D eigenvalue weighted by Gasteiger charge is 1.99. The summed E-state index contributed by atoms with van der Waals surface area (Å²) < 4.78 is 0. The molecular weight excluding hydrogens is 120 g/mol. The molecule has 0 atom stereocenters. The molecule has 0 radical (unpaired) electrons. The second-order valence-corrected chi connectivity index (χ2v) is 1.84. The quantitative estimate of drug-likeness (QED) is 0.537. The summed E-state index contributed by atoms with van der Waals surface area (Å²) >= 11 is 0. The first-order chi connectivity index (χ1) is 4.18. The molecule has 0 aliphatic rings. The van der Waals surface area contributed by atoms with Crippen molar-refractivity contribution >= 4 is 6.03 Å². The van der Waals surface area contributed by atoms with Gasteiger partial charge in [-0.2, -0.15) is 0 Å². The van der Waals surface area contributed by atoms with Crippen LogP contribution in [0.1, 0.15) is 6.42 Å². The summed E-state index contributed by atoms with van der Waals surface area (Å²) in [6, 6.07) is -0.455. The Morgan fingerprint density at radius 2 is 2.33 bits per heavy atom. The number of hydrogen-bond donors (Lipinski definition) is 2. The van der Waals surface area contributed by atoms with E-state index >= 15 is 0 Å². The maximum absolute atomic E-state index is 10.3. The van der Waals surface area contributed by atoms with Gasteiger partial charge in [0.25, 0.3) is 0 Å².